The van der Waals surface area contributed by atoms with E-state index in [2.05, 4.69) is 14.5 Å². The van der Waals surface area contributed by atoms with Gasteiger partial charge in [0.25, 0.3) is 0 Å². The van der Waals surface area contributed by atoms with E-state index in [1.165, 1.54) is 16.4 Å². The minimum atomic E-state index is -3.71. The van der Waals surface area contributed by atoms with Gasteiger partial charge in [-0.3, -0.25) is 4.90 Å². The van der Waals surface area contributed by atoms with Crippen molar-refractivity contribution in [2.45, 2.75) is 18.5 Å². The normalized spacial score (nSPS) is 17.4. The molecule has 1 saturated heterocycles. The lowest BCUT2D eigenvalue weighted by atomic mass is 10.2. The number of piperazine rings is 1. The van der Waals surface area contributed by atoms with Crippen LogP contribution in [0.2, 0.25) is 0 Å². The van der Waals surface area contributed by atoms with Gasteiger partial charge in [0.1, 0.15) is 25.1 Å². The summed E-state index contributed by atoms with van der Waals surface area (Å²) in [6.45, 7) is 5.50. The van der Waals surface area contributed by atoms with E-state index in [4.69, 9.17) is 9.47 Å². The Morgan fingerprint density at radius 3 is 2.47 bits per heavy atom. The van der Waals surface area contributed by atoms with Gasteiger partial charge < -0.3 is 14.0 Å². The van der Waals surface area contributed by atoms with E-state index in [0.29, 0.717) is 51.8 Å². The fraction of sp³-hybridized carbons (Fsp3) is 0.364. The molecule has 0 amide bonds. The van der Waals surface area contributed by atoms with E-state index in [0.717, 1.165) is 22.6 Å². The minimum absolute atomic E-state index is 0.0689. The number of benzene rings is 2. The van der Waals surface area contributed by atoms with Gasteiger partial charge >= 0.3 is 0 Å². The molecule has 0 aliphatic carbocycles. The summed E-state index contributed by atoms with van der Waals surface area (Å²) in [6, 6.07) is 12.2. The average molecular weight is 454 g/mol. The highest BCUT2D eigenvalue weighted by molar-refractivity contribution is 7.89. The number of imidazole rings is 1. The molecule has 10 heteroatoms. The van der Waals surface area contributed by atoms with Crippen molar-refractivity contribution in [2.75, 3.05) is 39.4 Å². The molecule has 9 nitrogen and oxygen atoms in total. The van der Waals surface area contributed by atoms with Crippen LogP contribution >= 0.6 is 0 Å². The summed E-state index contributed by atoms with van der Waals surface area (Å²) in [5.41, 5.74) is 1.98. The Hall–Kier alpha value is -3.13. The number of aryl methyl sites for hydroxylation is 1. The topological polar surface area (TPSA) is 101 Å². The van der Waals surface area contributed by atoms with Crippen LogP contribution in [0.5, 0.6) is 11.5 Å². The molecule has 0 spiro atoms. The van der Waals surface area contributed by atoms with Crippen molar-refractivity contribution in [3.63, 3.8) is 0 Å². The number of nitriles is 1. The molecule has 3 heterocycles. The van der Waals surface area contributed by atoms with Gasteiger partial charge in [0.15, 0.2) is 11.5 Å². The van der Waals surface area contributed by atoms with Gasteiger partial charge in [0, 0.05) is 38.3 Å². The third-order valence-corrected chi connectivity index (χ3v) is 7.86. The largest absolute Gasteiger partial charge is 0.486 e. The Morgan fingerprint density at radius 1 is 1.06 bits per heavy atom. The SMILES string of the molecule is Cc1nc2cc3c(cc2n1CN1CCN(S(=O)(=O)c2ccccc2C#N)CC1)OCCO3. The zero-order chi connectivity index (χ0) is 22.3. The number of fused-ring (bicyclic) bond motifs is 2. The van der Waals surface area contributed by atoms with Crippen molar-refractivity contribution in [2.24, 2.45) is 0 Å². The number of sulfonamides is 1. The van der Waals surface area contributed by atoms with Crippen LogP contribution in [0, 0.1) is 18.3 Å². The molecule has 2 aliphatic heterocycles. The van der Waals surface area contributed by atoms with E-state index in [1.807, 2.05) is 25.1 Å². The van der Waals surface area contributed by atoms with Crippen molar-refractivity contribution in [3.05, 3.63) is 47.8 Å². The average Bonchev–Trinajstić information content (AvgIpc) is 3.11. The first-order valence-electron chi connectivity index (χ1n) is 10.5. The van der Waals surface area contributed by atoms with Gasteiger partial charge in [0.05, 0.1) is 28.2 Å². The fourth-order valence-electron chi connectivity index (χ4n) is 4.19. The second kappa shape index (κ2) is 8.09. The summed E-state index contributed by atoms with van der Waals surface area (Å²) < 4.78 is 41.1. The lowest BCUT2D eigenvalue weighted by molar-refractivity contribution is 0.153. The standard InChI is InChI=1S/C22H23N5O4S/c1-16-24-18-12-20-21(31-11-10-30-20)13-19(18)27(16)15-25-6-8-26(9-7-25)32(28,29)22-5-3-2-4-17(22)14-23/h2-5,12-13H,6-11,15H2,1H3. The summed E-state index contributed by atoms with van der Waals surface area (Å²) in [4.78, 5) is 6.93. The molecule has 166 valence electrons. The maximum atomic E-state index is 13.1. The third-order valence-electron chi connectivity index (χ3n) is 5.90. The minimum Gasteiger partial charge on any atom is -0.486 e. The zero-order valence-electron chi connectivity index (χ0n) is 17.7. The lowest BCUT2D eigenvalue weighted by Gasteiger charge is -2.34. The van der Waals surface area contributed by atoms with Crippen LogP contribution in [-0.4, -0.2) is 66.6 Å². The molecule has 2 aliphatic rings. The predicted octanol–water partition coefficient (Wildman–Crippen LogP) is 1.95. The van der Waals surface area contributed by atoms with E-state index in [1.54, 1.807) is 12.1 Å². The Morgan fingerprint density at radius 2 is 1.75 bits per heavy atom. The highest BCUT2D eigenvalue weighted by atomic mass is 32.2. The van der Waals surface area contributed by atoms with Crippen LogP contribution in [0.15, 0.2) is 41.3 Å². The third kappa shape index (κ3) is 3.58. The van der Waals surface area contributed by atoms with Crippen LogP contribution in [-0.2, 0) is 16.7 Å². The molecule has 0 unspecified atom stereocenters. The molecule has 1 fully saturated rings. The first-order chi connectivity index (χ1) is 15.5. The van der Waals surface area contributed by atoms with E-state index < -0.39 is 10.0 Å². The fourth-order valence-corrected chi connectivity index (χ4v) is 5.76. The van der Waals surface area contributed by atoms with Crippen LogP contribution < -0.4 is 9.47 Å². The number of hydrogen-bond donors (Lipinski definition) is 0. The van der Waals surface area contributed by atoms with E-state index in [-0.39, 0.29) is 10.5 Å². The molecule has 32 heavy (non-hydrogen) atoms. The Labute approximate surface area is 186 Å². The van der Waals surface area contributed by atoms with Crippen molar-refractivity contribution < 1.29 is 17.9 Å². The molecule has 0 saturated carbocycles. The molecule has 0 N–H and O–H groups in total. The Kier molecular flexibility index (Phi) is 5.25. The number of rotatable bonds is 4. The van der Waals surface area contributed by atoms with Crippen molar-refractivity contribution in [1.29, 1.82) is 5.26 Å². The molecular weight excluding hydrogens is 430 g/mol. The molecule has 0 atom stereocenters. The lowest BCUT2D eigenvalue weighted by Crippen LogP contribution is -2.49. The Bertz CT molecular complexity index is 1320. The number of hydrogen-bond acceptors (Lipinski definition) is 7. The highest BCUT2D eigenvalue weighted by Crippen LogP contribution is 2.35. The van der Waals surface area contributed by atoms with Gasteiger partial charge in [-0.1, -0.05) is 12.1 Å². The predicted molar refractivity (Wildman–Crippen MR) is 117 cm³/mol. The smallest absolute Gasteiger partial charge is 0.244 e. The Balaban J connectivity index is 1.33. The van der Waals surface area contributed by atoms with Gasteiger partial charge in [-0.25, -0.2) is 13.4 Å². The number of ether oxygens (including phenoxy) is 2. The van der Waals surface area contributed by atoms with Gasteiger partial charge in [-0.2, -0.15) is 9.57 Å². The highest BCUT2D eigenvalue weighted by Gasteiger charge is 2.30. The summed E-state index contributed by atoms with van der Waals surface area (Å²) >= 11 is 0. The second-order valence-electron chi connectivity index (χ2n) is 7.84. The van der Waals surface area contributed by atoms with Crippen molar-refractivity contribution in [1.82, 2.24) is 18.8 Å². The quantitative estimate of drug-likeness (QED) is 0.595. The number of aromatic nitrogens is 2. The van der Waals surface area contributed by atoms with E-state index >= 15 is 0 Å². The molecule has 5 rings (SSSR count). The first-order valence-corrected chi connectivity index (χ1v) is 11.9. The van der Waals surface area contributed by atoms with Crippen LogP contribution in [0.25, 0.3) is 11.0 Å². The molecular formula is C22H23N5O4S. The van der Waals surface area contributed by atoms with Crippen molar-refractivity contribution in [3.8, 4) is 17.6 Å². The molecule has 3 aromatic rings. The maximum Gasteiger partial charge on any atom is 0.244 e. The van der Waals surface area contributed by atoms with Gasteiger partial charge in [0.2, 0.25) is 10.0 Å². The molecule has 1 aromatic heterocycles. The molecule has 0 bridgehead atoms. The zero-order valence-corrected chi connectivity index (χ0v) is 18.5. The van der Waals surface area contributed by atoms with Crippen LogP contribution in [0.1, 0.15) is 11.4 Å². The number of nitrogens with zero attached hydrogens (tertiary/aromatic N) is 5. The van der Waals surface area contributed by atoms with Crippen LogP contribution in [0.3, 0.4) is 0 Å². The molecule has 2 aromatic carbocycles. The van der Waals surface area contributed by atoms with Crippen LogP contribution in [0.4, 0.5) is 0 Å². The maximum absolute atomic E-state index is 13.1. The summed E-state index contributed by atoms with van der Waals surface area (Å²) in [7, 11) is -3.71. The second-order valence-corrected chi connectivity index (χ2v) is 9.75. The summed E-state index contributed by atoms with van der Waals surface area (Å²) in [6.07, 6.45) is 0. The molecule has 0 radical (unpaired) electrons. The van der Waals surface area contributed by atoms with Gasteiger partial charge in [-0.15, -0.1) is 0 Å². The monoisotopic (exact) mass is 453 g/mol. The van der Waals surface area contributed by atoms with Gasteiger partial charge in [-0.05, 0) is 19.1 Å². The van der Waals surface area contributed by atoms with E-state index in [9.17, 15) is 13.7 Å². The summed E-state index contributed by atoms with van der Waals surface area (Å²) in [5.74, 6) is 2.31. The first kappa shape index (κ1) is 20.8. The summed E-state index contributed by atoms with van der Waals surface area (Å²) in [5, 5.41) is 9.29. The van der Waals surface area contributed by atoms with Crippen molar-refractivity contribution >= 4 is 21.1 Å².